The minimum atomic E-state index is 0. The summed E-state index contributed by atoms with van der Waals surface area (Å²) in [6.45, 7) is 0. The zero-order valence-corrected chi connectivity index (χ0v) is 9.86. The third-order valence-electron chi connectivity index (χ3n) is 0.996. The molecule has 0 atom stereocenters. The molecule has 1 aromatic rings. The summed E-state index contributed by atoms with van der Waals surface area (Å²) in [6.07, 6.45) is 0. The van der Waals surface area contributed by atoms with E-state index in [-0.39, 0.29) is 40.0 Å². The van der Waals surface area contributed by atoms with Crippen LogP contribution in [0.15, 0.2) is 18.2 Å². The van der Waals surface area contributed by atoms with Crippen molar-refractivity contribution >= 4 is 34.7 Å². The average Bonchev–Trinajstić information content (AvgIpc) is 1.89. The zero-order valence-electron chi connectivity index (χ0n) is 6.10. The van der Waals surface area contributed by atoms with Crippen LogP contribution in [0.3, 0.4) is 0 Å². The normalized spacial score (nSPS) is 7.45. The van der Waals surface area contributed by atoms with Crippen LogP contribution in [0.1, 0.15) is 0 Å². The van der Waals surface area contributed by atoms with Crippen LogP contribution in [0.4, 0.5) is 0 Å². The Morgan fingerprint density at radius 3 is 2.55 bits per heavy atom. The molecule has 56 valence electrons. The van der Waals surface area contributed by atoms with Crippen LogP contribution >= 0.6 is 11.6 Å². The van der Waals surface area contributed by atoms with Crippen molar-refractivity contribution in [2.45, 2.75) is 0 Å². The molecule has 0 unspecified atom stereocenters. The van der Waals surface area contributed by atoms with Crippen LogP contribution in [-0.2, 0) is 0 Å². The van der Waals surface area contributed by atoms with E-state index in [4.69, 9.17) is 16.3 Å². The molecule has 4 heteroatoms. The van der Waals surface area contributed by atoms with Crippen molar-refractivity contribution in [3.05, 3.63) is 29.3 Å². The van der Waals surface area contributed by atoms with Gasteiger partial charge in [-0.05, 0) is 5.02 Å². The van der Waals surface area contributed by atoms with Crippen LogP contribution < -0.4 is 21.7 Å². The van der Waals surface area contributed by atoms with E-state index in [1.165, 1.54) is 0 Å². The second-order valence-corrected chi connectivity index (χ2v) is 1.97. The first-order valence-corrected chi connectivity index (χ1v) is 2.92. The Bertz CT molecular complexity index is 207. The smallest absolute Gasteiger partial charge is 1.00 e. The molecule has 0 aliphatic rings. The molecule has 0 fully saturated rings. The first-order chi connectivity index (χ1) is 4.34. The number of halogens is 2. The molecule has 1 aromatic carbocycles. The summed E-state index contributed by atoms with van der Waals surface area (Å²) < 4.78 is 4.89. The van der Waals surface area contributed by atoms with Gasteiger partial charge in [-0.2, -0.15) is 29.8 Å². The molecule has 0 amide bonds. The third kappa shape index (κ3) is 4.21. The standard InChI is InChI=1S/C7H6ClO.BrH.Mg/c1-9-7-5-3-2-4-6(7)8;;/h3-5H,1H3;1H;/q-1;;+2/p-1. The maximum absolute atomic E-state index is 5.67. The van der Waals surface area contributed by atoms with Gasteiger partial charge in [-0.25, -0.2) is 0 Å². The average molecular weight is 246 g/mol. The molecule has 0 saturated heterocycles. The number of ether oxygens (including phenoxy) is 1. The van der Waals surface area contributed by atoms with Gasteiger partial charge in [-0.1, -0.05) is 0 Å². The third-order valence-corrected chi connectivity index (χ3v) is 1.29. The fraction of sp³-hybridized carbons (Fsp3) is 0.143. The van der Waals surface area contributed by atoms with E-state index < -0.39 is 0 Å². The van der Waals surface area contributed by atoms with Crippen LogP contribution in [0.5, 0.6) is 5.75 Å². The molecule has 0 heterocycles. The molecule has 0 bridgehead atoms. The Hall–Kier alpha value is 0.556. The summed E-state index contributed by atoms with van der Waals surface area (Å²) in [6, 6.07) is 8.01. The fourth-order valence-electron chi connectivity index (χ4n) is 0.561. The molecule has 1 rings (SSSR count). The molecule has 1 nitrogen and oxygen atoms in total. The van der Waals surface area contributed by atoms with Gasteiger partial charge in [-0.3, -0.25) is 0 Å². The van der Waals surface area contributed by atoms with Crippen LogP contribution in [0, 0.1) is 6.07 Å². The van der Waals surface area contributed by atoms with Gasteiger partial charge in [0, 0.05) is 5.75 Å². The zero-order chi connectivity index (χ0) is 6.69. The Balaban J connectivity index is 0. The van der Waals surface area contributed by atoms with E-state index in [1.54, 1.807) is 25.3 Å². The number of benzene rings is 1. The summed E-state index contributed by atoms with van der Waals surface area (Å²) in [5.74, 6) is 0.690. The van der Waals surface area contributed by atoms with Gasteiger partial charge >= 0.3 is 23.1 Å². The van der Waals surface area contributed by atoms with E-state index in [0.717, 1.165) is 0 Å². The topological polar surface area (TPSA) is 9.23 Å². The van der Waals surface area contributed by atoms with Gasteiger partial charge in [0.1, 0.15) is 0 Å². The molecule has 0 spiro atoms. The van der Waals surface area contributed by atoms with Crippen LogP contribution in [0.25, 0.3) is 0 Å². The van der Waals surface area contributed by atoms with Crippen molar-refractivity contribution in [1.82, 2.24) is 0 Å². The summed E-state index contributed by atoms with van der Waals surface area (Å²) in [7, 11) is 1.58. The van der Waals surface area contributed by atoms with E-state index in [9.17, 15) is 0 Å². The van der Waals surface area contributed by atoms with Crippen molar-refractivity contribution in [2.24, 2.45) is 0 Å². The van der Waals surface area contributed by atoms with Gasteiger partial charge in [0.25, 0.3) is 0 Å². The second kappa shape index (κ2) is 7.22. The SMILES string of the molecule is COc1cc[c-]cc1Cl.[Br-].[Mg+2]. The summed E-state index contributed by atoms with van der Waals surface area (Å²) >= 11 is 5.67. The van der Waals surface area contributed by atoms with Crippen molar-refractivity contribution in [2.75, 3.05) is 7.11 Å². The largest absolute Gasteiger partial charge is 2.00 e. The van der Waals surface area contributed by atoms with Gasteiger partial charge in [0.15, 0.2) is 0 Å². The number of methoxy groups -OCH3 is 1. The van der Waals surface area contributed by atoms with Gasteiger partial charge in [0.2, 0.25) is 0 Å². The van der Waals surface area contributed by atoms with E-state index >= 15 is 0 Å². The van der Waals surface area contributed by atoms with Crippen molar-refractivity contribution in [3.8, 4) is 5.75 Å². The Morgan fingerprint density at radius 2 is 2.18 bits per heavy atom. The molecule has 0 radical (unpaired) electrons. The predicted molar refractivity (Wildman–Crippen MR) is 42.6 cm³/mol. The quantitative estimate of drug-likeness (QED) is 0.445. The summed E-state index contributed by atoms with van der Waals surface area (Å²) in [5, 5.41) is 0.597. The first kappa shape index (κ1) is 14.1. The molecule has 0 saturated carbocycles. The van der Waals surface area contributed by atoms with Gasteiger partial charge in [-0.15, -0.1) is 6.07 Å². The Labute approximate surface area is 98.0 Å². The second-order valence-electron chi connectivity index (χ2n) is 1.56. The fourth-order valence-corrected chi connectivity index (χ4v) is 0.764. The molecular formula is C7H6BrClMgO. The molecule has 0 aromatic heterocycles. The Kier molecular flexibility index (Phi) is 9.25. The maximum Gasteiger partial charge on any atom is 2.00 e. The minimum absolute atomic E-state index is 0. The predicted octanol–water partition coefficient (Wildman–Crippen LogP) is -1.23. The number of rotatable bonds is 1. The first-order valence-electron chi connectivity index (χ1n) is 2.54. The monoisotopic (exact) mass is 244 g/mol. The van der Waals surface area contributed by atoms with E-state index in [0.29, 0.717) is 10.8 Å². The maximum atomic E-state index is 5.67. The number of hydrogen-bond acceptors (Lipinski definition) is 1. The molecular weight excluding hydrogens is 240 g/mol. The molecule has 0 aliphatic carbocycles. The minimum Gasteiger partial charge on any atom is -1.00 e. The van der Waals surface area contributed by atoms with Gasteiger partial charge < -0.3 is 21.7 Å². The van der Waals surface area contributed by atoms with Crippen molar-refractivity contribution < 1.29 is 21.7 Å². The Morgan fingerprint density at radius 1 is 1.55 bits per heavy atom. The van der Waals surface area contributed by atoms with Crippen molar-refractivity contribution in [1.29, 1.82) is 0 Å². The van der Waals surface area contributed by atoms with Crippen molar-refractivity contribution in [3.63, 3.8) is 0 Å². The van der Waals surface area contributed by atoms with Crippen LogP contribution in [-0.4, -0.2) is 30.2 Å². The molecule has 0 N–H and O–H groups in total. The molecule has 0 aliphatic heterocycles. The van der Waals surface area contributed by atoms with E-state index in [1.807, 2.05) is 0 Å². The summed E-state index contributed by atoms with van der Waals surface area (Å²) in [5.41, 5.74) is 0. The van der Waals surface area contributed by atoms with Gasteiger partial charge in [0.05, 0.1) is 7.11 Å². The molecule has 11 heavy (non-hydrogen) atoms. The van der Waals surface area contributed by atoms with Crippen LogP contribution in [0.2, 0.25) is 5.02 Å². The van der Waals surface area contributed by atoms with E-state index in [2.05, 4.69) is 6.07 Å². The number of hydrogen-bond donors (Lipinski definition) is 0. The summed E-state index contributed by atoms with van der Waals surface area (Å²) in [4.78, 5) is 0.